The molecule has 3 unspecified atom stereocenters. The van der Waals surface area contributed by atoms with Crippen molar-refractivity contribution in [3.8, 4) is 16.9 Å². The smallest absolute Gasteiger partial charge is 0.410 e. The van der Waals surface area contributed by atoms with E-state index in [0.717, 1.165) is 71.1 Å². The monoisotopic (exact) mass is 1220 g/mol. The number of thiazole rings is 1. The van der Waals surface area contributed by atoms with E-state index in [1.165, 1.54) is 16.2 Å². The molecule has 6 aromatic rings. The molecule has 2 amide bonds. The molecule has 6 aliphatic rings. The Morgan fingerprint density at radius 1 is 0.908 bits per heavy atom. The fourth-order valence-corrected chi connectivity index (χ4v) is 16.1. The third-order valence-corrected chi connectivity index (χ3v) is 19.1. The molecule has 4 aliphatic carbocycles. The number of aliphatic hydroxyl groups excluding tert-OH is 5. The lowest BCUT2D eigenvalue weighted by atomic mass is 9.39. The molecular weight excluding hydrogens is 1140 g/mol. The molecule has 87 heavy (non-hydrogen) atoms. The molecule has 3 aromatic heterocycles. The predicted molar refractivity (Wildman–Crippen MR) is 319 cm³/mol. The predicted octanol–water partition coefficient (Wildman–Crippen LogP) is 6.06. The lowest BCUT2D eigenvalue weighted by molar-refractivity contribution is -0.271. The SMILES string of the molecule is Cc1c(-c2ccc(N3CCc4cccc(C(=O)Nc5nc6ccccc6s5)c4C3)nc2C(=O)O)cnn1CC12CC3(C)CC(C)(C1)CC(OCCN(CCC(O)CO)C(=O)OCc1ccc(CCCN)cc1O[C@@H]1O[C@H](C(=O)O)[C@@H](O)[C@H](O)[C@H]1O)(C3)C2. The molecule has 12 rings (SSSR count). The van der Waals surface area contributed by atoms with E-state index in [1.807, 2.05) is 59.0 Å². The van der Waals surface area contributed by atoms with E-state index in [9.17, 15) is 54.9 Å². The number of carboxylic acids is 2. The second kappa shape index (κ2) is 24.8. The summed E-state index contributed by atoms with van der Waals surface area (Å²) in [4.78, 5) is 65.7. The normalized spacial score (nSPS) is 26.8. The number of aryl methyl sites for hydroxylation is 1. The maximum atomic E-state index is 14.1. The van der Waals surface area contributed by atoms with E-state index in [1.54, 1.807) is 36.5 Å². The van der Waals surface area contributed by atoms with Crippen molar-refractivity contribution in [3.05, 3.63) is 118 Å². The van der Waals surface area contributed by atoms with Crippen LogP contribution in [0.15, 0.2) is 79.0 Å². The number of amides is 2. The second-order valence-corrected chi connectivity index (χ2v) is 26.3. The first-order chi connectivity index (χ1) is 41.6. The summed E-state index contributed by atoms with van der Waals surface area (Å²) in [6.07, 6.45) is -2.40. The fraction of sp³-hybridized carbons (Fsp3) is 0.508. The van der Waals surface area contributed by atoms with Crippen LogP contribution in [0.5, 0.6) is 5.75 Å². The number of carbonyl (C=O) groups excluding carboxylic acids is 2. The van der Waals surface area contributed by atoms with E-state index < -0.39 is 67.0 Å². The highest BCUT2D eigenvalue weighted by Gasteiger charge is 2.66. The number of hydrogen-bond acceptors (Lipinski definition) is 19. The Morgan fingerprint density at radius 3 is 2.43 bits per heavy atom. The number of benzene rings is 3. The van der Waals surface area contributed by atoms with Crippen LogP contribution in [-0.4, -0.2) is 166 Å². The third kappa shape index (κ3) is 12.9. The number of aliphatic hydroxyl groups is 5. The molecule has 24 heteroatoms. The van der Waals surface area contributed by atoms with Crippen molar-refractivity contribution in [1.29, 1.82) is 0 Å². The van der Waals surface area contributed by atoms with Crippen LogP contribution in [0.4, 0.5) is 15.7 Å². The number of aliphatic carboxylic acids is 1. The molecular formula is C63H76N8O15S. The average molecular weight is 1220 g/mol. The molecule has 5 heterocycles. The van der Waals surface area contributed by atoms with E-state index in [2.05, 4.69) is 24.1 Å². The molecule has 23 nitrogen and oxygen atoms in total. The van der Waals surface area contributed by atoms with Gasteiger partial charge in [-0.2, -0.15) is 5.10 Å². The first-order valence-corrected chi connectivity index (χ1v) is 30.5. The van der Waals surface area contributed by atoms with Gasteiger partial charge in [0, 0.05) is 60.7 Å². The molecule has 3 aromatic carbocycles. The minimum Gasteiger partial charge on any atom is -0.479 e. The van der Waals surface area contributed by atoms with E-state index in [0.29, 0.717) is 78.6 Å². The second-order valence-electron chi connectivity index (χ2n) is 25.3. The Kier molecular flexibility index (Phi) is 17.5. The van der Waals surface area contributed by atoms with Crippen LogP contribution in [0.1, 0.15) is 114 Å². The number of rotatable bonds is 23. The average Bonchev–Trinajstić information content (AvgIpc) is 0.831. The number of anilines is 2. The Morgan fingerprint density at radius 2 is 1.69 bits per heavy atom. The fourth-order valence-electron chi connectivity index (χ4n) is 15.3. The number of pyridine rings is 1. The number of hydrogen-bond donors (Lipinski definition) is 9. The summed E-state index contributed by atoms with van der Waals surface area (Å²) in [5.74, 6) is -2.48. The van der Waals surface area contributed by atoms with E-state index >= 15 is 0 Å². The summed E-state index contributed by atoms with van der Waals surface area (Å²) < 4.78 is 27.3. The lowest BCUT2D eigenvalue weighted by Crippen LogP contribution is -2.64. The molecule has 2 aliphatic heterocycles. The van der Waals surface area contributed by atoms with E-state index in [-0.39, 0.29) is 66.3 Å². The van der Waals surface area contributed by atoms with Crippen LogP contribution < -0.4 is 20.7 Å². The standard InChI is InChI=1S/C63H76N8O15S/c1-36-43(41-15-16-48(67-49(41)55(78)79)70-20-17-38-9-6-10-42(44(38)26-70)54(77)68-58-66-45-11-4-5-12-47(45)87-58)25-65-71(36)35-62-30-60(2)29-61(3,31-62)33-63(32-60,34-62)84-23-22-69(21-18-40(73)27-72)59(82)83-28-39-14-13-37(8-7-19-64)24-46(39)85-57-52(76)50(74)51(75)53(86-57)56(80)81/h4-6,9-16,24-25,40,50-53,57,72-76H,7-8,17-23,26-35,64H2,1-3H3,(H,78,79)(H,80,81)(H,66,68,77)/t40?,50-,51-,52+,53-,57+,60?,61?,62?,63?/m0/s1. The van der Waals surface area contributed by atoms with Crippen molar-refractivity contribution < 1.29 is 73.9 Å². The summed E-state index contributed by atoms with van der Waals surface area (Å²) in [5.41, 5.74) is 10.9. The minimum atomic E-state index is -1.93. The van der Waals surface area contributed by atoms with Gasteiger partial charge in [0.1, 0.15) is 36.5 Å². The van der Waals surface area contributed by atoms with Crippen molar-refractivity contribution in [2.75, 3.05) is 49.6 Å². The van der Waals surface area contributed by atoms with Gasteiger partial charge in [0.15, 0.2) is 16.9 Å². The summed E-state index contributed by atoms with van der Waals surface area (Å²) in [6, 6.07) is 22.1. The summed E-state index contributed by atoms with van der Waals surface area (Å²) in [6.45, 7) is 7.83. The van der Waals surface area contributed by atoms with Crippen LogP contribution >= 0.6 is 11.3 Å². The number of fused-ring (bicyclic) bond motifs is 2. The Labute approximate surface area is 506 Å². The zero-order valence-corrected chi connectivity index (χ0v) is 49.8. The van der Waals surface area contributed by atoms with Crippen molar-refractivity contribution in [3.63, 3.8) is 0 Å². The van der Waals surface area contributed by atoms with Gasteiger partial charge >= 0.3 is 18.0 Å². The van der Waals surface area contributed by atoms with Gasteiger partial charge in [-0.3, -0.25) is 14.8 Å². The molecule has 0 radical (unpaired) electrons. The maximum absolute atomic E-state index is 14.1. The maximum Gasteiger partial charge on any atom is 0.410 e. The first kappa shape index (κ1) is 61.5. The van der Waals surface area contributed by atoms with Crippen molar-refractivity contribution >= 4 is 56.4 Å². The van der Waals surface area contributed by atoms with Gasteiger partial charge in [-0.05, 0) is 147 Å². The molecule has 4 saturated carbocycles. The van der Waals surface area contributed by atoms with Gasteiger partial charge in [0.05, 0.1) is 41.3 Å². The van der Waals surface area contributed by atoms with E-state index in [4.69, 9.17) is 34.8 Å². The highest BCUT2D eigenvalue weighted by Crippen LogP contribution is 2.72. The van der Waals surface area contributed by atoms with Gasteiger partial charge in [0.2, 0.25) is 6.29 Å². The van der Waals surface area contributed by atoms with Crippen LogP contribution in [-0.2, 0) is 51.5 Å². The lowest BCUT2D eigenvalue weighted by Gasteiger charge is -2.69. The zero-order chi connectivity index (χ0) is 61.6. The largest absolute Gasteiger partial charge is 0.479 e. The highest BCUT2D eigenvalue weighted by atomic mass is 32.1. The van der Waals surface area contributed by atoms with Crippen LogP contribution in [0, 0.1) is 23.2 Å². The van der Waals surface area contributed by atoms with Crippen molar-refractivity contribution in [2.24, 2.45) is 22.0 Å². The molecule has 10 N–H and O–H groups in total. The van der Waals surface area contributed by atoms with Gasteiger partial charge in [0.25, 0.3) is 5.91 Å². The number of nitrogens with two attached hydrogens (primary N) is 1. The van der Waals surface area contributed by atoms with Crippen LogP contribution in [0.25, 0.3) is 21.3 Å². The number of ether oxygens (including phenoxy) is 4. The van der Waals surface area contributed by atoms with Gasteiger partial charge in [-0.15, -0.1) is 0 Å². The number of carboxylic acid groups (broad SMARTS) is 2. The van der Waals surface area contributed by atoms with Crippen molar-refractivity contribution in [1.82, 2.24) is 24.6 Å². The summed E-state index contributed by atoms with van der Waals surface area (Å²) in [5, 5.41) is 80.5. The van der Waals surface area contributed by atoms with Crippen LogP contribution in [0.2, 0.25) is 0 Å². The number of carbonyl (C=O) groups is 4. The number of aromatic carboxylic acids is 1. The Hall–Kier alpha value is -7.13. The molecule has 1 saturated heterocycles. The molecule has 4 bridgehead atoms. The minimum absolute atomic E-state index is 0.0140. The number of para-hydroxylation sites is 1. The zero-order valence-electron chi connectivity index (χ0n) is 49.0. The number of nitrogens with one attached hydrogen (secondary N) is 1. The number of nitrogens with zero attached hydrogens (tertiary/aromatic N) is 6. The number of aromatic nitrogens is 4. The van der Waals surface area contributed by atoms with Crippen molar-refractivity contribution in [2.45, 2.75) is 147 Å². The summed E-state index contributed by atoms with van der Waals surface area (Å²) in [7, 11) is 0. The van der Waals surface area contributed by atoms with Gasteiger partial charge in [-0.1, -0.05) is 61.6 Å². The Bertz CT molecular complexity index is 3510. The molecule has 464 valence electrons. The Balaban J connectivity index is 0.772. The molecule has 8 atom stereocenters. The highest BCUT2D eigenvalue weighted by molar-refractivity contribution is 7.22. The molecule has 5 fully saturated rings. The van der Waals surface area contributed by atoms with Crippen LogP contribution in [0.3, 0.4) is 0 Å². The summed E-state index contributed by atoms with van der Waals surface area (Å²) >= 11 is 1.41. The molecule has 0 spiro atoms. The first-order valence-electron chi connectivity index (χ1n) is 29.6. The quantitative estimate of drug-likeness (QED) is 0.0352. The van der Waals surface area contributed by atoms with Gasteiger partial charge < -0.3 is 70.2 Å². The topological polar surface area (TPSA) is 335 Å². The third-order valence-electron chi connectivity index (χ3n) is 18.1. The van der Waals surface area contributed by atoms with Gasteiger partial charge in [-0.25, -0.2) is 24.4 Å².